The molecule has 0 aromatic rings. The molecule has 0 radical (unpaired) electrons. The van der Waals surface area contributed by atoms with Crippen LogP contribution in [0.4, 0.5) is 0 Å². The molecule has 1 aliphatic rings. The van der Waals surface area contributed by atoms with Crippen LogP contribution in [0.2, 0.25) is 0 Å². The van der Waals surface area contributed by atoms with Gasteiger partial charge in [0.2, 0.25) is 0 Å². The predicted molar refractivity (Wildman–Crippen MR) is 51.7 cm³/mol. The van der Waals surface area contributed by atoms with Gasteiger partial charge in [-0.2, -0.15) is 0 Å². The Morgan fingerprint density at radius 3 is 2.46 bits per heavy atom. The number of Topliss-reactive ketones (excluding diaryl/α,β-unsaturated/α-hetero) is 1. The highest BCUT2D eigenvalue weighted by Crippen LogP contribution is 2.15. The molecule has 1 heterocycles. The number of carbonyl (C=O) groups excluding carboxylic acids is 1. The van der Waals surface area contributed by atoms with Gasteiger partial charge in [0.15, 0.2) is 0 Å². The zero-order valence-electron chi connectivity index (χ0n) is 8.75. The van der Waals surface area contributed by atoms with Crippen LogP contribution in [-0.2, 0) is 9.53 Å². The maximum Gasteiger partial charge on any atom is 0.146 e. The normalized spacial score (nSPS) is 21.8. The summed E-state index contributed by atoms with van der Waals surface area (Å²) in [5.74, 6) is 0.244. The zero-order chi connectivity index (χ0) is 9.84. The van der Waals surface area contributed by atoms with Gasteiger partial charge >= 0.3 is 0 Å². The maximum atomic E-state index is 11.2. The molecule has 1 aliphatic heterocycles. The molecule has 13 heavy (non-hydrogen) atoms. The van der Waals surface area contributed by atoms with Crippen LogP contribution in [0.5, 0.6) is 0 Å². The minimum atomic E-state index is 0.0445. The molecule has 0 N–H and O–H groups in total. The van der Waals surface area contributed by atoms with Crippen LogP contribution in [0.1, 0.15) is 26.7 Å². The zero-order valence-corrected chi connectivity index (χ0v) is 8.75. The average molecular weight is 185 g/mol. The SMILES string of the molecule is CC(=O)C(C)N(C)C1CCOCC1. The van der Waals surface area contributed by atoms with Gasteiger partial charge in [0.25, 0.3) is 0 Å². The molecule has 0 aromatic carbocycles. The maximum absolute atomic E-state index is 11.2. The minimum absolute atomic E-state index is 0.0445. The summed E-state index contributed by atoms with van der Waals surface area (Å²) in [4.78, 5) is 13.3. The van der Waals surface area contributed by atoms with Gasteiger partial charge in [-0.1, -0.05) is 0 Å². The standard InChI is InChI=1S/C10H19NO2/c1-8(9(2)12)11(3)10-4-6-13-7-5-10/h8,10H,4-7H2,1-3H3. The molecule has 0 aromatic heterocycles. The molecule has 0 spiro atoms. The van der Waals surface area contributed by atoms with E-state index in [4.69, 9.17) is 4.74 Å². The van der Waals surface area contributed by atoms with Crippen LogP contribution in [-0.4, -0.2) is 43.0 Å². The number of likely N-dealkylation sites (N-methyl/N-ethyl adjacent to an activating group) is 1. The van der Waals surface area contributed by atoms with E-state index in [0.29, 0.717) is 6.04 Å². The molecule has 1 saturated heterocycles. The van der Waals surface area contributed by atoms with Crippen molar-refractivity contribution >= 4 is 5.78 Å². The van der Waals surface area contributed by atoms with Gasteiger partial charge in [-0.3, -0.25) is 9.69 Å². The molecule has 0 amide bonds. The van der Waals surface area contributed by atoms with Crippen LogP contribution in [0.3, 0.4) is 0 Å². The third-order valence-electron chi connectivity index (χ3n) is 2.97. The van der Waals surface area contributed by atoms with Crippen molar-refractivity contribution in [1.29, 1.82) is 0 Å². The first-order valence-electron chi connectivity index (χ1n) is 4.93. The lowest BCUT2D eigenvalue weighted by atomic mass is 10.0. The Hall–Kier alpha value is -0.410. The summed E-state index contributed by atoms with van der Waals surface area (Å²) in [6, 6.07) is 0.566. The topological polar surface area (TPSA) is 29.5 Å². The number of rotatable bonds is 3. The summed E-state index contributed by atoms with van der Waals surface area (Å²) in [5, 5.41) is 0. The number of carbonyl (C=O) groups is 1. The van der Waals surface area contributed by atoms with Crippen molar-refractivity contribution in [2.45, 2.75) is 38.8 Å². The van der Waals surface area contributed by atoms with E-state index in [2.05, 4.69) is 4.90 Å². The molecule has 0 aliphatic carbocycles. The van der Waals surface area contributed by atoms with Crippen LogP contribution >= 0.6 is 0 Å². The number of hydrogen-bond acceptors (Lipinski definition) is 3. The van der Waals surface area contributed by atoms with E-state index >= 15 is 0 Å². The molecule has 0 saturated carbocycles. The van der Waals surface area contributed by atoms with Crippen molar-refractivity contribution in [1.82, 2.24) is 4.90 Å². The Kier molecular flexibility index (Phi) is 3.88. The lowest BCUT2D eigenvalue weighted by Crippen LogP contribution is -2.44. The monoisotopic (exact) mass is 185 g/mol. The molecule has 3 heteroatoms. The lowest BCUT2D eigenvalue weighted by Gasteiger charge is -2.34. The highest BCUT2D eigenvalue weighted by atomic mass is 16.5. The number of ether oxygens (including phenoxy) is 1. The van der Waals surface area contributed by atoms with Gasteiger partial charge in [0.05, 0.1) is 6.04 Å². The van der Waals surface area contributed by atoms with Crippen molar-refractivity contribution in [2.24, 2.45) is 0 Å². The Morgan fingerprint density at radius 1 is 1.46 bits per heavy atom. The highest BCUT2D eigenvalue weighted by molar-refractivity contribution is 5.80. The summed E-state index contributed by atoms with van der Waals surface area (Å²) < 4.78 is 5.28. The fraction of sp³-hybridized carbons (Fsp3) is 0.900. The third kappa shape index (κ3) is 2.78. The second-order valence-electron chi connectivity index (χ2n) is 3.80. The second kappa shape index (κ2) is 4.72. The Balaban J connectivity index is 2.44. The summed E-state index contributed by atoms with van der Waals surface area (Å²) in [7, 11) is 2.03. The minimum Gasteiger partial charge on any atom is -0.381 e. The molecular formula is C10H19NO2. The molecule has 1 atom stereocenters. The second-order valence-corrected chi connectivity index (χ2v) is 3.80. The van der Waals surface area contributed by atoms with Gasteiger partial charge in [-0.05, 0) is 33.7 Å². The molecule has 1 unspecified atom stereocenters. The van der Waals surface area contributed by atoms with E-state index in [1.807, 2.05) is 14.0 Å². The number of nitrogens with zero attached hydrogens (tertiary/aromatic N) is 1. The third-order valence-corrected chi connectivity index (χ3v) is 2.97. The summed E-state index contributed by atoms with van der Waals surface area (Å²) >= 11 is 0. The highest BCUT2D eigenvalue weighted by Gasteiger charge is 2.24. The van der Waals surface area contributed by atoms with Crippen LogP contribution in [0.15, 0.2) is 0 Å². The molecule has 76 valence electrons. The Labute approximate surface area is 80.1 Å². The first kappa shape index (κ1) is 10.7. The number of hydrogen-bond donors (Lipinski definition) is 0. The molecule has 0 bridgehead atoms. The van der Waals surface area contributed by atoms with Gasteiger partial charge in [-0.25, -0.2) is 0 Å². The van der Waals surface area contributed by atoms with Gasteiger partial charge in [0.1, 0.15) is 5.78 Å². The Bertz CT molecular complexity index is 176. The van der Waals surface area contributed by atoms with Crippen molar-refractivity contribution in [3.8, 4) is 0 Å². The van der Waals surface area contributed by atoms with E-state index in [0.717, 1.165) is 26.1 Å². The van der Waals surface area contributed by atoms with Gasteiger partial charge in [-0.15, -0.1) is 0 Å². The fourth-order valence-corrected chi connectivity index (χ4v) is 1.70. The smallest absolute Gasteiger partial charge is 0.146 e. The Morgan fingerprint density at radius 2 is 2.00 bits per heavy atom. The van der Waals surface area contributed by atoms with Crippen molar-refractivity contribution in [3.63, 3.8) is 0 Å². The first-order chi connectivity index (χ1) is 6.13. The van der Waals surface area contributed by atoms with Crippen LogP contribution < -0.4 is 0 Å². The van der Waals surface area contributed by atoms with E-state index < -0.39 is 0 Å². The van der Waals surface area contributed by atoms with Crippen LogP contribution in [0, 0.1) is 0 Å². The van der Waals surface area contributed by atoms with Crippen LogP contribution in [0.25, 0.3) is 0 Å². The largest absolute Gasteiger partial charge is 0.381 e. The summed E-state index contributed by atoms with van der Waals surface area (Å²) in [6.45, 7) is 5.29. The average Bonchev–Trinajstić information content (AvgIpc) is 2.17. The predicted octanol–water partition coefficient (Wildman–Crippen LogP) is 1.07. The number of ketones is 1. The van der Waals surface area contributed by atoms with Crippen molar-refractivity contribution in [3.05, 3.63) is 0 Å². The molecule has 1 fully saturated rings. The molecule has 1 rings (SSSR count). The lowest BCUT2D eigenvalue weighted by molar-refractivity contribution is -0.122. The molecule has 3 nitrogen and oxygen atoms in total. The summed E-state index contributed by atoms with van der Waals surface area (Å²) in [5.41, 5.74) is 0. The van der Waals surface area contributed by atoms with Gasteiger partial charge in [0, 0.05) is 19.3 Å². The van der Waals surface area contributed by atoms with E-state index in [-0.39, 0.29) is 11.8 Å². The van der Waals surface area contributed by atoms with Crippen molar-refractivity contribution < 1.29 is 9.53 Å². The molecular weight excluding hydrogens is 166 g/mol. The quantitative estimate of drug-likeness (QED) is 0.659. The van der Waals surface area contributed by atoms with Crippen molar-refractivity contribution in [2.75, 3.05) is 20.3 Å². The van der Waals surface area contributed by atoms with E-state index in [9.17, 15) is 4.79 Å². The van der Waals surface area contributed by atoms with Gasteiger partial charge < -0.3 is 4.74 Å². The summed E-state index contributed by atoms with van der Waals surface area (Å²) in [6.07, 6.45) is 2.10. The van der Waals surface area contributed by atoms with E-state index in [1.165, 1.54) is 0 Å². The van der Waals surface area contributed by atoms with E-state index in [1.54, 1.807) is 6.92 Å². The first-order valence-corrected chi connectivity index (χ1v) is 4.93. The fourth-order valence-electron chi connectivity index (χ4n) is 1.70.